The first kappa shape index (κ1) is 14.3. The van der Waals surface area contributed by atoms with E-state index in [1.165, 1.54) is 20.3 Å². The highest BCUT2D eigenvalue weighted by molar-refractivity contribution is 7.89. The standard InChI is InChI=1S/C10H13NO6S/c1-16-8-5-7(18(11,14)15)3-6(4-9(12)13)10(8)17-2/h3,5H,4H2,1-2H3,(H,12,13)(H2,11,14,15). The van der Waals surface area contributed by atoms with Gasteiger partial charge in [-0.25, -0.2) is 13.6 Å². The lowest BCUT2D eigenvalue weighted by atomic mass is 10.1. The summed E-state index contributed by atoms with van der Waals surface area (Å²) in [5.74, 6) is -0.838. The van der Waals surface area contributed by atoms with Gasteiger partial charge >= 0.3 is 5.97 Å². The molecule has 0 radical (unpaired) electrons. The predicted octanol–water partition coefficient (Wildman–Crippen LogP) is -0.0217. The van der Waals surface area contributed by atoms with Crippen LogP contribution in [0.5, 0.6) is 11.5 Å². The van der Waals surface area contributed by atoms with Gasteiger partial charge in [0.05, 0.1) is 25.5 Å². The minimum atomic E-state index is -3.95. The van der Waals surface area contributed by atoms with Crippen molar-refractivity contribution in [2.45, 2.75) is 11.3 Å². The van der Waals surface area contributed by atoms with Gasteiger partial charge in [-0.2, -0.15) is 0 Å². The lowest BCUT2D eigenvalue weighted by Crippen LogP contribution is -2.14. The van der Waals surface area contributed by atoms with Crippen molar-refractivity contribution in [2.75, 3.05) is 14.2 Å². The highest BCUT2D eigenvalue weighted by atomic mass is 32.2. The van der Waals surface area contributed by atoms with Crippen molar-refractivity contribution in [1.82, 2.24) is 0 Å². The summed E-state index contributed by atoms with van der Waals surface area (Å²) in [5, 5.41) is 13.8. The van der Waals surface area contributed by atoms with Crippen molar-refractivity contribution in [3.05, 3.63) is 17.7 Å². The number of carbonyl (C=O) groups is 1. The van der Waals surface area contributed by atoms with E-state index in [0.29, 0.717) is 0 Å². The van der Waals surface area contributed by atoms with E-state index < -0.39 is 22.4 Å². The van der Waals surface area contributed by atoms with E-state index in [1.54, 1.807) is 0 Å². The Labute approximate surface area is 104 Å². The van der Waals surface area contributed by atoms with Crippen LogP contribution in [0.1, 0.15) is 5.56 Å². The number of methoxy groups -OCH3 is 2. The quantitative estimate of drug-likeness (QED) is 0.780. The summed E-state index contributed by atoms with van der Waals surface area (Å²) >= 11 is 0. The fourth-order valence-corrected chi connectivity index (χ4v) is 2.05. The van der Waals surface area contributed by atoms with E-state index in [1.807, 2.05) is 0 Å². The first-order valence-electron chi connectivity index (χ1n) is 4.79. The molecule has 100 valence electrons. The number of carboxylic acid groups (broad SMARTS) is 1. The Balaban J connectivity index is 3.50. The summed E-state index contributed by atoms with van der Waals surface area (Å²) in [4.78, 5) is 10.5. The molecular formula is C10H13NO6S. The molecule has 1 rings (SSSR count). The third-order valence-corrected chi connectivity index (χ3v) is 3.09. The molecule has 0 spiro atoms. The van der Waals surface area contributed by atoms with E-state index in [0.717, 1.165) is 6.07 Å². The maximum atomic E-state index is 11.3. The third kappa shape index (κ3) is 3.11. The molecule has 1 aromatic carbocycles. The van der Waals surface area contributed by atoms with E-state index >= 15 is 0 Å². The minimum absolute atomic E-state index is 0.111. The van der Waals surface area contributed by atoms with Crippen LogP contribution >= 0.6 is 0 Å². The molecule has 0 atom stereocenters. The Morgan fingerprint density at radius 1 is 1.33 bits per heavy atom. The summed E-state index contributed by atoms with van der Waals surface area (Å²) in [5.41, 5.74) is 0.174. The van der Waals surface area contributed by atoms with Gasteiger partial charge < -0.3 is 14.6 Å². The second kappa shape index (κ2) is 5.23. The molecule has 8 heteroatoms. The number of ether oxygens (including phenoxy) is 2. The molecule has 0 amide bonds. The highest BCUT2D eigenvalue weighted by Gasteiger charge is 2.19. The first-order valence-corrected chi connectivity index (χ1v) is 6.33. The number of aliphatic carboxylic acids is 1. The fourth-order valence-electron chi connectivity index (χ4n) is 1.47. The van der Waals surface area contributed by atoms with Gasteiger partial charge in [0.1, 0.15) is 0 Å². The van der Waals surface area contributed by atoms with Crippen LogP contribution in [-0.2, 0) is 21.2 Å². The van der Waals surface area contributed by atoms with Crippen molar-refractivity contribution in [3.63, 3.8) is 0 Å². The summed E-state index contributed by atoms with van der Waals surface area (Å²) in [6.07, 6.45) is -0.400. The van der Waals surface area contributed by atoms with Gasteiger partial charge in [-0.05, 0) is 6.07 Å². The molecule has 0 aliphatic carbocycles. The maximum Gasteiger partial charge on any atom is 0.307 e. The Morgan fingerprint density at radius 2 is 1.94 bits per heavy atom. The third-order valence-electron chi connectivity index (χ3n) is 2.20. The van der Waals surface area contributed by atoms with Crippen molar-refractivity contribution in [2.24, 2.45) is 5.14 Å². The van der Waals surface area contributed by atoms with Crippen LogP contribution in [-0.4, -0.2) is 33.7 Å². The normalized spacial score (nSPS) is 11.1. The van der Waals surface area contributed by atoms with E-state index in [9.17, 15) is 13.2 Å². The molecule has 7 nitrogen and oxygen atoms in total. The molecular weight excluding hydrogens is 262 g/mol. The lowest BCUT2D eigenvalue weighted by molar-refractivity contribution is -0.136. The van der Waals surface area contributed by atoms with E-state index in [-0.39, 0.29) is 22.0 Å². The average Bonchev–Trinajstić information content (AvgIpc) is 2.25. The fraction of sp³-hybridized carbons (Fsp3) is 0.300. The Kier molecular flexibility index (Phi) is 4.15. The van der Waals surface area contributed by atoms with Gasteiger partial charge in [0.15, 0.2) is 11.5 Å². The number of hydrogen-bond acceptors (Lipinski definition) is 5. The number of sulfonamides is 1. The lowest BCUT2D eigenvalue weighted by Gasteiger charge is -2.13. The molecule has 0 saturated heterocycles. The van der Waals surface area contributed by atoms with E-state index in [2.05, 4.69) is 0 Å². The molecule has 0 aliphatic rings. The number of hydrogen-bond donors (Lipinski definition) is 2. The molecule has 0 unspecified atom stereocenters. The zero-order valence-corrected chi connectivity index (χ0v) is 10.7. The number of rotatable bonds is 5. The smallest absolute Gasteiger partial charge is 0.307 e. The van der Waals surface area contributed by atoms with Crippen LogP contribution in [0.3, 0.4) is 0 Å². The zero-order chi connectivity index (χ0) is 13.9. The molecule has 3 N–H and O–H groups in total. The summed E-state index contributed by atoms with van der Waals surface area (Å²) < 4.78 is 32.5. The molecule has 0 saturated carbocycles. The Bertz CT molecular complexity index is 566. The largest absolute Gasteiger partial charge is 0.493 e. The summed E-state index contributed by atoms with van der Waals surface area (Å²) in [6.45, 7) is 0. The molecule has 0 bridgehead atoms. The van der Waals surface area contributed by atoms with Crippen molar-refractivity contribution < 1.29 is 27.8 Å². The van der Waals surface area contributed by atoms with Crippen molar-refractivity contribution in [3.8, 4) is 11.5 Å². The monoisotopic (exact) mass is 275 g/mol. The van der Waals surface area contributed by atoms with Gasteiger partial charge in [-0.3, -0.25) is 4.79 Å². The second-order valence-corrected chi connectivity index (χ2v) is 4.99. The predicted molar refractivity (Wildman–Crippen MR) is 62.3 cm³/mol. The molecule has 1 aromatic rings. The van der Waals surface area contributed by atoms with Crippen LogP contribution in [0.25, 0.3) is 0 Å². The average molecular weight is 275 g/mol. The topological polar surface area (TPSA) is 116 Å². The zero-order valence-electron chi connectivity index (χ0n) is 9.84. The Morgan fingerprint density at radius 3 is 2.33 bits per heavy atom. The molecule has 0 fully saturated rings. The molecule has 18 heavy (non-hydrogen) atoms. The van der Waals surface area contributed by atoms with Crippen LogP contribution in [0.2, 0.25) is 0 Å². The SMILES string of the molecule is COc1cc(S(N)(=O)=O)cc(CC(=O)O)c1OC. The molecule has 0 aromatic heterocycles. The van der Waals surface area contributed by atoms with Crippen molar-refractivity contribution >= 4 is 16.0 Å². The summed E-state index contributed by atoms with van der Waals surface area (Å²) in [6, 6.07) is 2.34. The van der Waals surface area contributed by atoms with Gasteiger partial charge in [0.2, 0.25) is 10.0 Å². The highest BCUT2D eigenvalue weighted by Crippen LogP contribution is 2.34. The first-order chi connectivity index (χ1) is 8.29. The number of benzene rings is 1. The molecule has 0 aliphatic heterocycles. The number of nitrogens with two attached hydrogens (primary N) is 1. The summed E-state index contributed by atoms with van der Waals surface area (Å²) in [7, 11) is -1.30. The maximum absolute atomic E-state index is 11.3. The van der Waals surface area contributed by atoms with Crippen LogP contribution in [0, 0.1) is 0 Å². The van der Waals surface area contributed by atoms with Crippen LogP contribution < -0.4 is 14.6 Å². The van der Waals surface area contributed by atoms with Crippen LogP contribution in [0.4, 0.5) is 0 Å². The van der Waals surface area contributed by atoms with Gasteiger partial charge in [-0.15, -0.1) is 0 Å². The van der Waals surface area contributed by atoms with Gasteiger partial charge in [0.25, 0.3) is 0 Å². The Hall–Kier alpha value is -1.80. The van der Waals surface area contributed by atoms with Crippen LogP contribution in [0.15, 0.2) is 17.0 Å². The number of primary sulfonamides is 1. The van der Waals surface area contributed by atoms with Gasteiger partial charge in [-0.1, -0.05) is 0 Å². The van der Waals surface area contributed by atoms with E-state index in [4.69, 9.17) is 19.7 Å². The number of carboxylic acids is 1. The van der Waals surface area contributed by atoms with Gasteiger partial charge in [0, 0.05) is 11.6 Å². The molecule has 0 heterocycles. The second-order valence-electron chi connectivity index (χ2n) is 3.43. The van der Waals surface area contributed by atoms with Crippen molar-refractivity contribution in [1.29, 1.82) is 0 Å². The minimum Gasteiger partial charge on any atom is -0.493 e.